The molecule has 1 aromatic rings. The van der Waals surface area contributed by atoms with Crippen molar-refractivity contribution in [3.05, 3.63) is 47.5 Å². The summed E-state index contributed by atoms with van der Waals surface area (Å²) in [6, 6.07) is 9.57. The van der Waals surface area contributed by atoms with E-state index in [1.54, 1.807) is 6.08 Å². The van der Waals surface area contributed by atoms with Crippen LogP contribution in [0.2, 0.25) is 0 Å². The lowest BCUT2D eigenvalue weighted by molar-refractivity contribution is 0.221. The van der Waals surface area contributed by atoms with Gasteiger partial charge in [-0.25, -0.2) is 0 Å². The lowest BCUT2D eigenvalue weighted by atomic mass is 10.0. The molecule has 0 saturated heterocycles. The van der Waals surface area contributed by atoms with Gasteiger partial charge in [-0.2, -0.15) is 0 Å². The Labute approximate surface area is 109 Å². The van der Waals surface area contributed by atoms with Crippen molar-refractivity contribution < 1.29 is 5.11 Å². The van der Waals surface area contributed by atoms with E-state index in [1.165, 1.54) is 0 Å². The maximum absolute atomic E-state index is 10.3. The summed E-state index contributed by atoms with van der Waals surface area (Å²) in [5, 5.41) is 10.3. The lowest BCUT2D eigenvalue weighted by Gasteiger charge is -2.09. The molecule has 0 aliphatic heterocycles. The van der Waals surface area contributed by atoms with Gasteiger partial charge in [0.15, 0.2) is 0 Å². The Morgan fingerprint density at radius 1 is 1.00 bits per heavy atom. The average Bonchev–Trinajstić information content (AvgIpc) is 2.45. The molecule has 0 heterocycles. The molecule has 90 valence electrons. The first-order valence-corrected chi connectivity index (χ1v) is 6.28. The molecule has 1 nitrogen and oxygen atoms in total. The monoisotopic (exact) mass is 236 g/mol. The highest BCUT2D eigenvalue weighted by atomic mass is 16.3. The summed E-state index contributed by atoms with van der Waals surface area (Å²) >= 11 is 0. The maximum atomic E-state index is 10.3. The van der Waals surface area contributed by atoms with Crippen molar-refractivity contribution in [1.29, 1.82) is 0 Å². The van der Waals surface area contributed by atoms with Crippen LogP contribution in [0.4, 0.5) is 0 Å². The third-order valence-corrected chi connectivity index (χ3v) is 2.83. The van der Waals surface area contributed by atoms with Crippen molar-refractivity contribution in [2.24, 2.45) is 0 Å². The van der Waals surface area contributed by atoms with Gasteiger partial charge >= 0.3 is 0 Å². The van der Waals surface area contributed by atoms with Crippen molar-refractivity contribution >= 4 is 0 Å². The van der Waals surface area contributed by atoms with E-state index in [4.69, 9.17) is 0 Å². The smallest absolute Gasteiger partial charge is 0.112 e. The van der Waals surface area contributed by atoms with Crippen molar-refractivity contribution in [3.63, 3.8) is 0 Å². The number of hydrogen-bond donors (Lipinski definition) is 1. The van der Waals surface area contributed by atoms with Crippen LogP contribution in [0.25, 0.3) is 0 Å². The van der Waals surface area contributed by atoms with Crippen molar-refractivity contribution in [2.45, 2.75) is 31.8 Å². The molecule has 0 saturated carbocycles. The van der Waals surface area contributed by atoms with Crippen molar-refractivity contribution in [1.82, 2.24) is 0 Å². The van der Waals surface area contributed by atoms with Gasteiger partial charge in [0.25, 0.3) is 0 Å². The zero-order valence-electron chi connectivity index (χ0n) is 10.3. The van der Waals surface area contributed by atoms with Crippen LogP contribution < -0.4 is 0 Å². The number of aliphatic hydroxyl groups excluding tert-OH is 1. The molecule has 1 N–H and O–H groups in total. The third-order valence-electron chi connectivity index (χ3n) is 2.83. The molecule has 0 bridgehead atoms. The second-order valence-corrected chi connectivity index (χ2v) is 4.24. The second-order valence-electron chi connectivity index (χ2n) is 4.24. The Hall–Kier alpha value is -1.96. The van der Waals surface area contributed by atoms with Gasteiger partial charge in [0, 0.05) is 24.5 Å². The quantitative estimate of drug-likeness (QED) is 0.782. The van der Waals surface area contributed by atoms with Gasteiger partial charge in [0.05, 0.1) is 0 Å². The number of hydrogen-bond acceptors (Lipinski definition) is 1. The van der Waals surface area contributed by atoms with Crippen LogP contribution in [-0.2, 0) is 0 Å². The number of allylic oxidation sites excluding steroid dienone is 1. The highest BCUT2D eigenvalue weighted by Gasteiger charge is 2.10. The van der Waals surface area contributed by atoms with Crippen LogP contribution >= 0.6 is 0 Å². The molecule has 0 spiro atoms. The first-order chi connectivity index (χ1) is 8.88. The van der Waals surface area contributed by atoms with E-state index >= 15 is 0 Å². The molecular formula is C17H16O. The Bertz CT molecular complexity index is 532. The first-order valence-electron chi connectivity index (χ1n) is 6.28. The Morgan fingerprint density at radius 3 is 2.50 bits per heavy atom. The molecule has 2 rings (SSSR count). The third kappa shape index (κ3) is 3.52. The summed E-state index contributed by atoms with van der Waals surface area (Å²) in [5.74, 6) is 12.2. The SMILES string of the molecule is O[C@H](/C1=C/C#CCCCCC#C1)c1ccccc1. The van der Waals surface area contributed by atoms with Crippen molar-refractivity contribution in [3.8, 4) is 23.7 Å². The molecule has 18 heavy (non-hydrogen) atoms. The summed E-state index contributed by atoms with van der Waals surface area (Å²) in [6.45, 7) is 0. The van der Waals surface area contributed by atoms with Gasteiger partial charge in [0.1, 0.15) is 6.10 Å². The second kappa shape index (κ2) is 6.70. The predicted molar refractivity (Wildman–Crippen MR) is 73.5 cm³/mol. The van der Waals surface area contributed by atoms with E-state index in [-0.39, 0.29) is 0 Å². The fourth-order valence-electron chi connectivity index (χ4n) is 1.79. The number of aliphatic hydroxyl groups is 1. The number of rotatable bonds is 2. The van der Waals surface area contributed by atoms with Crippen LogP contribution in [0.5, 0.6) is 0 Å². The lowest BCUT2D eigenvalue weighted by Crippen LogP contribution is -2.00. The van der Waals surface area contributed by atoms with E-state index in [2.05, 4.69) is 23.7 Å². The Morgan fingerprint density at radius 2 is 1.72 bits per heavy atom. The standard InChI is InChI=1S/C17H16O/c18-17(16-13-9-6-10-14-16)15-11-7-4-2-1-3-5-8-12-15/h6,9-10,12-14,17-18H,1-4H2/b15-12+/t17-/m1/s1. The van der Waals surface area contributed by atoms with Gasteiger partial charge in [-0.1, -0.05) is 54.0 Å². The van der Waals surface area contributed by atoms with E-state index in [0.717, 1.165) is 31.2 Å². The van der Waals surface area contributed by atoms with E-state index in [1.807, 2.05) is 30.3 Å². The summed E-state index contributed by atoms with van der Waals surface area (Å²) < 4.78 is 0. The molecule has 0 amide bonds. The molecule has 1 aromatic carbocycles. The highest BCUT2D eigenvalue weighted by molar-refractivity contribution is 5.41. The fraction of sp³-hybridized carbons (Fsp3) is 0.294. The molecule has 0 fully saturated rings. The maximum Gasteiger partial charge on any atom is 0.112 e. The van der Waals surface area contributed by atoms with Crippen molar-refractivity contribution in [2.75, 3.05) is 0 Å². The van der Waals surface area contributed by atoms with Gasteiger partial charge < -0.3 is 5.11 Å². The first kappa shape index (κ1) is 12.5. The highest BCUT2D eigenvalue weighted by Crippen LogP contribution is 2.20. The molecule has 1 heteroatoms. The largest absolute Gasteiger partial charge is 0.383 e. The molecular weight excluding hydrogens is 220 g/mol. The minimum absolute atomic E-state index is 0.674. The Kier molecular flexibility index (Phi) is 4.65. The van der Waals surface area contributed by atoms with Crippen LogP contribution in [0.3, 0.4) is 0 Å². The van der Waals surface area contributed by atoms with Gasteiger partial charge in [0.2, 0.25) is 0 Å². The minimum Gasteiger partial charge on any atom is -0.383 e. The molecule has 0 aromatic heterocycles. The van der Waals surface area contributed by atoms with E-state index in [0.29, 0.717) is 5.57 Å². The molecule has 0 unspecified atom stereocenters. The summed E-state index contributed by atoms with van der Waals surface area (Å²) in [5.41, 5.74) is 1.55. The fourth-order valence-corrected chi connectivity index (χ4v) is 1.79. The zero-order valence-corrected chi connectivity index (χ0v) is 10.3. The van der Waals surface area contributed by atoms with Gasteiger partial charge in [-0.3, -0.25) is 0 Å². The van der Waals surface area contributed by atoms with Crippen LogP contribution in [-0.4, -0.2) is 5.11 Å². The average molecular weight is 236 g/mol. The van der Waals surface area contributed by atoms with E-state index in [9.17, 15) is 5.11 Å². The van der Waals surface area contributed by atoms with E-state index < -0.39 is 6.10 Å². The minimum atomic E-state index is -0.674. The summed E-state index contributed by atoms with van der Waals surface area (Å²) in [6.07, 6.45) is 5.04. The van der Waals surface area contributed by atoms with Crippen LogP contribution in [0, 0.1) is 23.7 Å². The number of benzene rings is 1. The predicted octanol–water partition coefficient (Wildman–Crippen LogP) is 3.23. The normalized spacial score (nSPS) is 19.3. The zero-order chi connectivity index (χ0) is 12.6. The Balaban J connectivity index is 2.25. The summed E-state index contributed by atoms with van der Waals surface area (Å²) in [4.78, 5) is 0. The van der Waals surface area contributed by atoms with Crippen LogP contribution in [0.15, 0.2) is 42.0 Å². The molecule has 1 aliphatic rings. The van der Waals surface area contributed by atoms with Crippen LogP contribution in [0.1, 0.15) is 37.4 Å². The molecule has 1 atom stereocenters. The van der Waals surface area contributed by atoms with Gasteiger partial charge in [-0.15, -0.1) is 0 Å². The molecule has 1 aliphatic carbocycles. The van der Waals surface area contributed by atoms with Gasteiger partial charge in [-0.05, 0) is 18.4 Å². The topological polar surface area (TPSA) is 20.2 Å². The summed E-state index contributed by atoms with van der Waals surface area (Å²) in [7, 11) is 0. The molecule has 0 radical (unpaired) electrons.